The molecule has 0 radical (unpaired) electrons. The van der Waals surface area contributed by atoms with Crippen molar-refractivity contribution in [2.24, 2.45) is 0 Å². The van der Waals surface area contributed by atoms with Crippen LogP contribution in [0.4, 0.5) is 0 Å². The molecule has 0 unspecified atom stereocenters. The summed E-state index contributed by atoms with van der Waals surface area (Å²) in [6.07, 6.45) is 1.09. The number of carbonyl (C=O) groups is 2. The summed E-state index contributed by atoms with van der Waals surface area (Å²) in [5.74, 6) is -1.53. The highest BCUT2D eigenvalue weighted by molar-refractivity contribution is 7.03. The second-order valence-electron chi connectivity index (χ2n) is 2.94. The molecule has 0 aliphatic carbocycles. The molecule has 1 rings (SSSR count). The van der Waals surface area contributed by atoms with Gasteiger partial charge in [-0.3, -0.25) is 4.79 Å². The molecule has 1 aromatic rings. The minimum atomic E-state index is -1.03. The lowest BCUT2D eigenvalue weighted by Crippen LogP contribution is -2.40. The molecule has 1 atom stereocenters. The highest BCUT2D eigenvalue weighted by Crippen LogP contribution is 2.01. The van der Waals surface area contributed by atoms with Crippen molar-refractivity contribution in [3.8, 4) is 0 Å². The first-order valence-electron chi connectivity index (χ1n) is 4.46. The maximum atomic E-state index is 11.4. The van der Waals surface area contributed by atoms with E-state index in [0.717, 1.165) is 11.5 Å². The fraction of sp³-hybridized carbons (Fsp3) is 0.500. The zero-order valence-corrected chi connectivity index (χ0v) is 8.95. The van der Waals surface area contributed by atoms with Crippen molar-refractivity contribution < 1.29 is 14.7 Å². The van der Waals surface area contributed by atoms with Crippen LogP contribution in [0.15, 0.2) is 5.38 Å². The van der Waals surface area contributed by atoms with Crippen molar-refractivity contribution >= 4 is 23.4 Å². The summed E-state index contributed by atoms with van der Waals surface area (Å²) in [4.78, 5) is 22.2. The van der Waals surface area contributed by atoms with Crippen LogP contribution in [0.5, 0.6) is 0 Å². The molecule has 6 nitrogen and oxygen atoms in total. The number of hydrogen-bond donors (Lipinski definition) is 2. The molecule has 1 aromatic heterocycles. The van der Waals surface area contributed by atoms with E-state index in [4.69, 9.17) is 5.11 Å². The molecule has 0 bridgehead atoms. The summed E-state index contributed by atoms with van der Waals surface area (Å²) < 4.78 is 3.52. The lowest BCUT2D eigenvalue weighted by molar-refractivity contribution is -0.139. The third-order valence-electron chi connectivity index (χ3n) is 1.77. The van der Waals surface area contributed by atoms with Crippen LogP contribution in [-0.4, -0.2) is 32.6 Å². The Hall–Kier alpha value is -1.50. The van der Waals surface area contributed by atoms with Crippen LogP contribution < -0.4 is 5.32 Å². The normalized spacial score (nSPS) is 12.1. The number of carboxylic acid groups (broad SMARTS) is 1. The van der Waals surface area contributed by atoms with Gasteiger partial charge in [-0.25, -0.2) is 4.79 Å². The van der Waals surface area contributed by atoms with Crippen LogP contribution in [0.2, 0.25) is 0 Å². The number of hydrogen-bond acceptors (Lipinski definition) is 5. The standard InChI is InChI=1S/C8H11N3O3S/c1-2-3-5(8(13)14)9-7(12)6-4-15-11-10-6/h4-5H,2-3H2,1H3,(H,9,12)(H,13,14)/t5-/m1/s1. The molecule has 1 amide bonds. The largest absolute Gasteiger partial charge is 0.480 e. The van der Waals surface area contributed by atoms with Crippen molar-refractivity contribution in [1.29, 1.82) is 0 Å². The molecule has 1 heterocycles. The Morgan fingerprint density at radius 2 is 2.40 bits per heavy atom. The monoisotopic (exact) mass is 229 g/mol. The molecule has 0 spiro atoms. The highest BCUT2D eigenvalue weighted by atomic mass is 32.1. The first-order chi connectivity index (χ1) is 7.15. The molecular formula is C8H11N3O3S. The van der Waals surface area contributed by atoms with Gasteiger partial charge in [0.2, 0.25) is 0 Å². The number of aromatic nitrogens is 2. The molecule has 7 heteroatoms. The van der Waals surface area contributed by atoms with Crippen molar-refractivity contribution in [3.05, 3.63) is 11.1 Å². The van der Waals surface area contributed by atoms with E-state index in [1.54, 1.807) is 0 Å². The molecule has 0 saturated heterocycles. The van der Waals surface area contributed by atoms with E-state index in [2.05, 4.69) is 14.9 Å². The number of aliphatic carboxylic acids is 1. The summed E-state index contributed by atoms with van der Waals surface area (Å²) in [7, 11) is 0. The van der Waals surface area contributed by atoms with Gasteiger partial charge in [-0.1, -0.05) is 17.8 Å². The summed E-state index contributed by atoms with van der Waals surface area (Å²) >= 11 is 1.05. The van der Waals surface area contributed by atoms with Crippen molar-refractivity contribution in [3.63, 3.8) is 0 Å². The molecule has 0 aliphatic rings. The maximum Gasteiger partial charge on any atom is 0.326 e. The van der Waals surface area contributed by atoms with Gasteiger partial charge in [-0.05, 0) is 18.0 Å². The van der Waals surface area contributed by atoms with Crippen LogP contribution in [-0.2, 0) is 4.79 Å². The summed E-state index contributed by atoms with van der Waals surface area (Å²) in [5.41, 5.74) is 0.155. The Balaban J connectivity index is 2.59. The zero-order valence-electron chi connectivity index (χ0n) is 8.14. The molecule has 0 aliphatic heterocycles. The summed E-state index contributed by atoms with van der Waals surface area (Å²) in [6.45, 7) is 1.85. The number of rotatable bonds is 5. The fourth-order valence-electron chi connectivity index (χ4n) is 1.04. The van der Waals surface area contributed by atoms with Gasteiger partial charge in [0.25, 0.3) is 5.91 Å². The third-order valence-corrected chi connectivity index (χ3v) is 2.28. The van der Waals surface area contributed by atoms with E-state index in [1.807, 2.05) is 6.92 Å². The van der Waals surface area contributed by atoms with Crippen molar-refractivity contribution in [1.82, 2.24) is 14.9 Å². The number of carboxylic acids is 1. The lowest BCUT2D eigenvalue weighted by Gasteiger charge is -2.11. The Morgan fingerprint density at radius 1 is 1.67 bits per heavy atom. The SMILES string of the molecule is CCC[C@@H](NC(=O)c1csnn1)C(=O)O. The van der Waals surface area contributed by atoms with E-state index in [0.29, 0.717) is 12.8 Å². The van der Waals surface area contributed by atoms with E-state index >= 15 is 0 Å². The average molecular weight is 229 g/mol. The zero-order chi connectivity index (χ0) is 11.3. The van der Waals surface area contributed by atoms with Gasteiger partial charge in [0.05, 0.1) is 0 Å². The number of carbonyl (C=O) groups excluding carboxylic acids is 1. The molecule has 82 valence electrons. The molecule has 0 saturated carbocycles. The van der Waals surface area contributed by atoms with Gasteiger partial charge in [0, 0.05) is 5.38 Å². The van der Waals surface area contributed by atoms with Crippen LogP contribution in [0.3, 0.4) is 0 Å². The molecule has 0 aromatic carbocycles. The van der Waals surface area contributed by atoms with E-state index < -0.39 is 17.9 Å². The topological polar surface area (TPSA) is 92.2 Å². The minimum absolute atomic E-state index is 0.155. The van der Waals surface area contributed by atoms with Gasteiger partial charge in [-0.15, -0.1) is 5.10 Å². The maximum absolute atomic E-state index is 11.4. The second-order valence-corrected chi connectivity index (χ2v) is 3.55. The van der Waals surface area contributed by atoms with Crippen LogP contribution >= 0.6 is 11.5 Å². The summed E-state index contributed by atoms with van der Waals surface area (Å²) in [6, 6.07) is -0.857. The highest BCUT2D eigenvalue weighted by Gasteiger charge is 2.20. The Bertz CT molecular complexity index is 339. The number of nitrogens with one attached hydrogen (secondary N) is 1. The van der Waals surface area contributed by atoms with Crippen LogP contribution in [0.25, 0.3) is 0 Å². The quantitative estimate of drug-likeness (QED) is 0.768. The van der Waals surface area contributed by atoms with Crippen LogP contribution in [0.1, 0.15) is 30.3 Å². The van der Waals surface area contributed by atoms with Gasteiger partial charge in [-0.2, -0.15) is 0 Å². The number of amides is 1. The van der Waals surface area contributed by atoms with E-state index in [-0.39, 0.29) is 5.69 Å². The van der Waals surface area contributed by atoms with Gasteiger partial charge < -0.3 is 10.4 Å². The van der Waals surface area contributed by atoms with E-state index in [1.165, 1.54) is 5.38 Å². The van der Waals surface area contributed by atoms with Gasteiger partial charge in [0.1, 0.15) is 6.04 Å². The predicted octanol–water partition coefficient (Wildman–Crippen LogP) is 0.521. The first-order valence-corrected chi connectivity index (χ1v) is 5.29. The molecular weight excluding hydrogens is 218 g/mol. The Morgan fingerprint density at radius 3 is 2.87 bits per heavy atom. The van der Waals surface area contributed by atoms with Gasteiger partial charge in [0.15, 0.2) is 5.69 Å². The van der Waals surface area contributed by atoms with Crippen molar-refractivity contribution in [2.75, 3.05) is 0 Å². The first kappa shape index (κ1) is 11.6. The Kier molecular flexibility index (Phi) is 4.17. The predicted molar refractivity (Wildman–Crippen MR) is 53.7 cm³/mol. The second kappa shape index (κ2) is 5.40. The lowest BCUT2D eigenvalue weighted by atomic mass is 10.1. The van der Waals surface area contributed by atoms with Gasteiger partial charge >= 0.3 is 5.97 Å². The fourth-order valence-corrected chi connectivity index (χ4v) is 1.48. The average Bonchev–Trinajstić information content (AvgIpc) is 2.69. The minimum Gasteiger partial charge on any atom is -0.480 e. The van der Waals surface area contributed by atoms with E-state index in [9.17, 15) is 9.59 Å². The summed E-state index contributed by atoms with van der Waals surface area (Å²) in [5, 5.41) is 16.2. The smallest absolute Gasteiger partial charge is 0.326 e. The molecule has 2 N–H and O–H groups in total. The Labute approximate surface area is 90.5 Å². The molecule has 0 fully saturated rings. The third kappa shape index (κ3) is 3.28. The molecule has 15 heavy (non-hydrogen) atoms. The number of nitrogens with zero attached hydrogens (tertiary/aromatic N) is 2. The van der Waals surface area contributed by atoms with Crippen LogP contribution in [0, 0.1) is 0 Å². The van der Waals surface area contributed by atoms with Crippen molar-refractivity contribution in [2.45, 2.75) is 25.8 Å².